The van der Waals surface area contributed by atoms with E-state index in [1.54, 1.807) is 54.6 Å². The second-order valence-electron chi connectivity index (χ2n) is 7.34. The van der Waals surface area contributed by atoms with E-state index in [2.05, 4.69) is 10.6 Å². The molecular formula is C25H21ClN2O6. The van der Waals surface area contributed by atoms with Gasteiger partial charge in [-0.3, -0.25) is 14.9 Å². The van der Waals surface area contributed by atoms with Crippen molar-refractivity contribution in [3.8, 4) is 5.75 Å². The summed E-state index contributed by atoms with van der Waals surface area (Å²) in [7, 11) is 0. The van der Waals surface area contributed by atoms with Crippen molar-refractivity contribution in [2.45, 2.75) is 19.4 Å². The molecular weight excluding hydrogens is 460 g/mol. The van der Waals surface area contributed by atoms with Gasteiger partial charge in [-0.15, -0.1) is 0 Å². The Labute approximate surface area is 200 Å². The number of rotatable bonds is 8. The SMILES string of the molecule is CC(=O)c1ccc(NC(=O)Oc2ccc(CC(NC(=O)c3ccccc3Cl)C(=O)O)cc2)cc1. The molecule has 0 saturated heterocycles. The summed E-state index contributed by atoms with van der Waals surface area (Å²) in [4.78, 5) is 47.5. The van der Waals surface area contributed by atoms with Crippen LogP contribution in [0.3, 0.4) is 0 Å². The molecule has 174 valence electrons. The molecule has 3 N–H and O–H groups in total. The summed E-state index contributed by atoms with van der Waals surface area (Å²) in [6.07, 6.45) is -0.709. The molecule has 0 aromatic heterocycles. The molecule has 1 unspecified atom stereocenters. The molecule has 8 nitrogen and oxygen atoms in total. The van der Waals surface area contributed by atoms with Gasteiger partial charge < -0.3 is 15.2 Å². The lowest BCUT2D eigenvalue weighted by Crippen LogP contribution is -2.42. The van der Waals surface area contributed by atoms with Gasteiger partial charge in [0, 0.05) is 17.7 Å². The Hall–Kier alpha value is -4.17. The monoisotopic (exact) mass is 480 g/mol. The lowest BCUT2D eigenvalue weighted by atomic mass is 10.1. The largest absolute Gasteiger partial charge is 0.480 e. The van der Waals surface area contributed by atoms with Crippen LogP contribution in [0.1, 0.15) is 33.2 Å². The van der Waals surface area contributed by atoms with E-state index in [-0.39, 0.29) is 28.5 Å². The summed E-state index contributed by atoms with van der Waals surface area (Å²) < 4.78 is 5.22. The zero-order valence-corrected chi connectivity index (χ0v) is 18.8. The number of benzene rings is 3. The van der Waals surface area contributed by atoms with E-state index in [9.17, 15) is 24.3 Å². The number of carbonyl (C=O) groups is 4. The predicted octanol–water partition coefficient (Wildman–Crippen LogP) is 4.58. The molecule has 0 aliphatic carbocycles. The Kier molecular flexibility index (Phi) is 8.00. The van der Waals surface area contributed by atoms with E-state index in [4.69, 9.17) is 16.3 Å². The number of hydrogen-bond donors (Lipinski definition) is 3. The van der Waals surface area contributed by atoms with Gasteiger partial charge in [0.25, 0.3) is 5.91 Å². The van der Waals surface area contributed by atoms with Crippen LogP contribution in [0.2, 0.25) is 5.02 Å². The van der Waals surface area contributed by atoms with E-state index >= 15 is 0 Å². The number of anilines is 1. The van der Waals surface area contributed by atoms with Gasteiger partial charge in [-0.1, -0.05) is 35.9 Å². The smallest absolute Gasteiger partial charge is 0.417 e. The van der Waals surface area contributed by atoms with Gasteiger partial charge in [-0.05, 0) is 61.0 Å². The van der Waals surface area contributed by atoms with E-state index in [0.29, 0.717) is 16.8 Å². The number of carbonyl (C=O) groups excluding carboxylic acids is 3. The standard InChI is InChI=1S/C25H21ClN2O6/c1-15(29)17-8-10-18(11-9-17)27-25(33)34-19-12-6-16(7-13-19)14-22(24(31)32)28-23(30)20-4-2-3-5-21(20)26/h2-13,22H,14H2,1H3,(H,27,33)(H,28,30)(H,31,32). The number of hydrogen-bond acceptors (Lipinski definition) is 5. The topological polar surface area (TPSA) is 122 Å². The second kappa shape index (κ2) is 11.1. The number of halogens is 1. The van der Waals surface area contributed by atoms with E-state index < -0.39 is 24.0 Å². The maximum absolute atomic E-state index is 12.4. The van der Waals surface area contributed by atoms with Crippen LogP contribution in [0.5, 0.6) is 5.75 Å². The normalized spacial score (nSPS) is 11.2. The maximum atomic E-state index is 12.4. The van der Waals surface area contributed by atoms with E-state index in [1.807, 2.05) is 0 Å². The minimum atomic E-state index is -1.20. The van der Waals surface area contributed by atoms with Gasteiger partial charge in [-0.2, -0.15) is 0 Å². The third-order valence-electron chi connectivity index (χ3n) is 4.83. The summed E-state index contributed by atoms with van der Waals surface area (Å²) in [6, 6.07) is 17.8. The fourth-order valence-electron chi connectivity index (χ4n) is 3.05. The molecule has 0 aliphatic heterocycles. The predicted molar refractivity (Wildman–Crippen MR) is 127 cm³/mol. The molecule has 0 heterocycles. The second-order valence-corrected chi connectivity index (χ2v) is 7.75. The third kappa shape index (κ3) is 6.66. The van der Waals surface area contributed by atoms with E-state index in [0.717, 1.165) is 0 Å². The summed E-state index contributed by atoms with van der Waals surface area (Å²) in [5.41, 5.74) is 1.78. The summed E-state index contributed by atoms with van der Waals surface area (Å²) >= 11 is 6.00. The minimum absolute atomic E-state index is 0.0144. The van der Waals surface area contributed by atoms with Gasteiger partial charge in [0.2, 0.25) is 0 Å². The van der Waals surface area contributed by atoms with Crippen molar-refractivity contribution in [3.05, 3.63) is 94.5 Å². The highest BCUT2D eigenvalue weighted by Gasteiger charge is 2.22. The molecule has 0 radical (unpaired) electrons. The van der Waals surface area contributed by atoms with Crippen molar-refractivity contribution >= 4 is 41.0 Å². The van der Waals surface area contributed by atoms with E-state index in [1.165, 1.54) is 25.1 Å². The van der Waals surface area contributed by atoms with Crippen LogP contribution >= 0.6 is 11.6 Å². The average molecular weight is 481 g/mol. The average Bonchev–Trinajstić information content (AvgIpc) is 2.80. The molecule has 0 fully saturated rings. The van der Waals surface area contributed by atoms with Crippen molar-refractivity contribution in [2.24, 2.45) is 0 Å². The number of ether oxygens (including phenoxy) is 1. The fourth-order valence-corrected chi connectivity index (χ4v) is 3.27. The lowest BCUT2D eigenvalue weighted by Gasteiger charge is -2.15. The number of carboxylic acid groups (broad SMARTS) is 1. The molecule has 1 atom stereocenters. The first-order valence-corrected chi connectivity index (χ1v) is 10.6. The van der Waals surface area contributed by atoms with Gasteiger partial charge in [0.1, 0.15) is 11.8 Å². The van der Waals surface area contributed by atoms with Crippen LogP contribution in [0.25, 0.3) is 0 Å². The fraction of sp³-hybridized carbons (Fsp3) is 0.120. The van der Waals surface area contributed by atoms with Crippen molar-refractivity contribution in [3.63, 3.8) is 0 Å². The van der Waals surface area contributed by atoms with Crippen LogP contribution in [0.4, 0.5) is 10.5 Å². The highest BCUT2D eigenvalue weighted by atomic mass is 35.5. The Balaban J connectivity index is 1.58. The zero-order chi connectivity index (χ0) is 24.7. The highest BCUT2D eigenvalue weighted by molar-refractivity contribution is 6.33. The number of Topliss-reactive ketones (excluding diaryl/α,β-unsaturated/α-hetero) is 1. The van der Waals surface area contributed by atoms with Crippen LogP contribution in [0.15, 0.2) is 72.8 Å². The first-order chi connectivity index (χ1) is 16.2. The molecule has 3 rings (SSSR count). The molecule has 0 spiro atoms. The molecule has 2 amide bonds. The minimum Gasteiger partial charge on any atom is -0.480 e. The first-order valence-electron chi connectivity index (χ1n) is 10.2. The molecule has 34 heavy (non-hydrogen) atoms. The highest BCUT2D eigenvalue weighted by Crippen LogP contribution is 2.17. The molecule has 3 aromatic rings. The number of nitrogens with one attached hydrogen (secondary N) is 2. The summed E-state index contributed by atoms with van der Waals surface area (Å²) in [5.74, 6) is -1.63. The molecule has 9 heteroatoms. The van der Waals surface area contributed by atoms with Crippen molar-refractivity contribution in [2.75, 3.05) is 5.32 Å². The Morgan fingerprint density at radius 1 is 0.941 bits per heavy atom. The van der Waals surface area contributed by atoms with Crippen LogP contribution in [-0.2, 0) is 11.2 Å². The number of carboxylic acids is 1. The van der Waals surface area contributed by atoms with Crippen LogP contribution in [0, 0.1) is 0 Å². The maximum Gasteiger partial charge on any atom is 0.417 e. The number of ketones is 1. The van der Waals surface area contributed by atoms with Crippen LogP contribution in [-0.4, -0.2) is 34.9 Å². The van der Waals surface area contributed by atoms with Crippen molar-refractivity contribution < 1.29 is 29.0 Å². The van der Waals surface area contributed by atoms with Gasteiger partial charge in [0.05, 0.1) is 10.6 Å². The molecule has 0 aliphatic rings. The van der Waals surface area contributed by atoms with Gasteiger partial charge in [0.15, 0.2) is 5.78 Å². The summed E-state index contributed by atoms with van der Waals surface area (Å²) in [5, 5.41) is 14.8. The van der Waals surface area contributed by atoms with Crippen molar-refractivity contribution in [1.82, 2.24) is 5.32 Å². The first kappa shape index (κ1) is 24.5. The Bertz CT molecular complexity index is 1210. The molecule has 3 aromatic carbocycles. The number of amides is 2. The lowest BCUT2D eigenvalue weighted by molar-refractivity contribution is -0.139. The van der Waals surface area contributed by atoms with Gasteiger partial charge in [-0.25, -0.2) is 9.59 Å². The third-order valence-corrected chi connectivity index (χ3v) is 5.16. The number of aliphatic carboxylic acids is 1. The quantitative estimate of drug-likeness (QED) is 0.406. The Morgan fingerprint density at radius 3 is 2.18 bits per heavy atom. The molecule has 0 bridgehead atoms. The van der Waals surface area contributed by atoms with Gasteiger partial charge >= 0.3 is 12.1 Å². The van der Waals surface area contributed by atoms with Crippen LogP contribution < -0.4 is 15.4 Å². The molecule has 0 saturated carbocycles. The summed E-state index contributed by atoms with van der Waals surface area (Å²) in [6.45, 7) is 1.45. The van der Waals surface area contributed by atoms with Crippen molar-refractivity contribution in [1.29, 1.82) is 0 Å². The zero-order valence-electron chi connectivity index (χ0n) is 18.1. The Morgan fingerprint density at radius 2 is 1.59 bits per heavy atom.